The Kier molecular flexibility index (Phi) is 3.94. The summed E-state index contributed by atoms with van der Waals surface area (Å²) in [6.45, 7) is 4.28. The number of nitrogens with one attached hydrogen (secondary N) is 1. The van der Waals surface area contributed by atoms with Crippen LogP contribution in [0.5, 0.6) is 0 Å². The fourth-order valence-electron chi connectivity index (χ4n) is 2.09. The molecular weight excluding hydrogens is 250 g/mol. The zero-order valence-corrected chi connectivity index (χ0v) is 11.7. The predicted molar refractivity (Wildman–Crippen MR) is 83.2 cm³/mol. The highest BCUT2D eigenvalue weighted by molar-refractivity contribution is 5.95. The molecule has 20 heavy (non-hydrogen) atoms. The van der Waals surface area contributed by atoms with Crippen molar-refractivity contribution in [2.45, 2.75) is 19.8 Å². The zero-order chi connectivity index (χ0) is 14.7. The number of anilines is 3. The van der Waals surface area contributed by atoms with Gasteiger partial charge in [-0.1, -0.05) is 32.0 Å². The first-order valence-corrected chi connectivity index (χ1v) is 6.54. The van der Waals surface area contributed by atoms with Crippen molar-refractivity contribution in [1.29, 1.82) is 0 Å². The molecule has 0 heterocycles. The lowest BCUT2D eigenvalue weighted by Crippen LogP contribution is -2.11. The molecule has 2 aromatic carbocycles. The number of benzene rings is 2. The minimum atomic E-state index is -0.481. The molecule has 104 valence electrons. The van der Waals surface area contributed by atoms with Gasteiger partial charge in [-0.2, -0.15) is 0 Å². The van der Waals surface area contributed by atoms with Gasteiger partial charge in [-0.3, -0.25) is 4.79 Å². The SMILES string of the molecule is CC(C)c1ccccc1Nc1ccc(C(N)=O)cc1N. The summed E-state index contributed by atoms with van der Waals surface area (Å²) in [5.74, 6) is -0.0735. The minimum absolute atomic E-state index is 0.407. The maximum atomic E-state index is 11.1. The van der Waals surface area contributed by atoms with Gasteiger partial charge in [0, 0.05) is 11.3 Å². The Balaban J connectivity index is 2.33. The molecule has 0 saturated carbocycles. The molecule has 0 aliphatic rings. The van der Waals surface area contributed by atoms with Crippen LogP contribution in [0.1, 0.15) is 35.7 Å². The molecule has 2 rings (SSSR count). The second-order valence-corrected chi connectivity index (χ2v) is 5.03. The number of primary amides is 1. The molecule has 1 amide bonds. The monoisotopic (exact) mass is 269 g/mol. The van der Waals surface area contributed by atoms with Crippen molar-refractivity contribution in [1.82, 2.24) is 0 Å². The molecule has 5 N–H and O–H groups in total. The Labute approximate surface area is 118 Å². The van der Waals surface area contributed by atoms with E-state index in [2.05, 4.69) is 25.2 Å². The van der Waals surface area contributed by atoms with Crippen LogP contribution < -0.4 is 16.8 Å². The molecule has 0 fully saturated rings. The van der Waals surface area contributed by atoms with Gasteiger partial charge in [0.05, 0.1) is 11.4 Å². The number of rotatable bonds is 4. The van der Waals surface area contributed by atoms with Gasteiger partial charge in [0.1, 0.15) is 0 Å². The summed E-state index contributed by atoms with van der Waals surface area (Å²) in [7, 11) is 0. The lowest BCUT2D eigenvalue weighted by molar-refractivity contribution is 0.100. The second-order valence-electron chi connectivity index (χ2n) is 5.03. The molecule has 0 bridgehead atoms. The fraction of sp³-hybridized carbons (Fsp3) is 0.188. The van der Waals surface area contributed by atoms with Crippen molar-refractivity contribution in [3.63, 3.8) is 0 Å². The average molecular weight is 269 g/mol. The van der Waals surface area contributed by atoms with Crippen molar-refractivity contribution in [3.8, 4) is 0 Å². The van der Waals surface area contributed by atoms with Crippen LogP contribution >= 0.6 is 0 Å². The molecular formula is C16H19N3O. The van der Waals surface area contributed by atoms with Crippen LogP contribution in [0.2, 0.25) is 0 Å². The van der Waals surface area contributed by atoms with Crippen LogP contribution in [0.25, 0.3) is 0 Å². The van der Waals surface area contributed by atoms with E-state index in [-0.39, 0.29) is 0 Å². The van der Waals surface area contributed by atoms with E-state index in [4.69, 9.17) is 11.5 Å². The first-order valence-electron chi connectivity index (χ1n) is 6.54. The Hall–Kier alpha value is -2.49. The Morgan fingerprint density at radius 2 is 1.80 bits per heavy atom. The molecule has 4 nitrogen and oxygen atoms in total. The van der Waals surface area contributed by atoms with Crippen molar-refractivity contribution >= 4 is 23.0 Å². The number of nitrogens with two attached hydrogens (primary N) is 2. The topological polar surface area (TPSA) is 81.1 Å². The number of hydrogen-bond donors (Lipinski definition) is 3. The van der Waals surface area contributed by atoms with Gasteiger partial charge in [0.2, 0.25) is 5.91 Å². The van der Waals surface area contributed by atoms with Gasteiger partial charge >= 0.3 is 0 Å². The van der Waals surface area contributed by atoms with Crippen LogP contribution in [0.3, 0.4) is 0 Å². The first kappa shape index (κ1) is 13.9. The summed E-state index contributed by atoms with van der Waals surface area (Å²) >= 11 is 0. The summed E-state index contributed by atoms with van der Waals surface area (Å²) in [6.07, 6.45) is 0. The molecule has 0 saturated heterocycles. The molecule has 0 atom stereocenters. The van der Waals surface area contributed by atoms with Gasteiger partial charge in [-0.25, -0.2) is 0 Å². The third-order valence-electron chi connectivity index (χ3n) is 3.19. The van der Waals surface area contributed by atoms with Gasteiger partial charge in [-0.15, -0.1) is 0 Å². The summed E-state index contributed by atoms with van der Waals surface area (Å²) in [5.41, 5.74) is 15.1. The number of carbonyl (C=O) groups is 1. The molecule has 0 aliphatic carbocycles. The molecule has 0 aliphatic heterocycles. The third kappa shape index (κ3) is 2.91. The molecule has 0 aromatic heterocycles. The van der Waals surface area contributed by atoms with Crippen LogP contribution in [-0.4, -0.2) is 5.91 Å². The summed E-state index contributed by atoms with van der Waals surface area (Å²) in [4.78, 5) is 11.1. The number of hydrogen-bond acceptors (Lipinski definition) is 3. The van der Waals surface area contributed by atoms with E-state index < -0.39 is 5.91 Å². The van der Waals surface area contributed by atoms with Crippen LogP contribution in [-0.2, 0) is 0 Å². The fourth-order valence-corrected chi connectivity index (χ4v) is 2.09. The Morgan fingerprint density at radius 3 is 2.40 bits per heavy atom. The predicted octanol–water partition coefficient (Wildman–Crippen LogP) is 3.23. The van der Waals surface area contributed by atoms with E-state index in [9.17, 15) is 4.79 Å². The highest BCUT2D eigenvalue weighted by atomic mass is 16.1. The van der Waals surface area contributed by atoms with E-state index in [1.165, 1.54) is 5.56 Å². The van der Waals surface area contributed by atoms with Gasteiger partial charge in [0.25, 0.3) is 0 Å². The standard InChI is InChI=1S/C16H19N3O/c1-10(2)12-5-3-4-6-14(12)19-15-8-7-11(16(18)20)9-13(15)17/h3-10,19H,17H2,1-2H3,(H2,18,20). The normalized spacial score (nSPS) is 10.6. The second kappa shape index (κ2) is 5.65. The third-order valence-corrected chi connectivity index (χ3v) is 3.19. The Morgan fingerprint density at radius 1 is 1.10 bits per heavy atom. The highest BCUT2D eigenvalue weighted by Gasteiger charge is 2.09. The molecule has 0 spiro atoms. The van der Waals surface area contributed by atoms with Crippen molar-refractivity contribution in [2.24, 2.45) is 5.73 Å². The molecule has 0 unspecified atom stereocenters. The smallest absolute Gasteiger partial charge is 0.248 e. The van der Waals surface area contributed by atoms with Crippen molar-refractivity contribution in [2.75, 3.05) is 11.1 Å². The molecule has 2 aromatic rings. The average Bonchev–Trinajstić information content (AvgIpc) is 2.41. The quantitative estimate of drug-likeness (QED) is 0.745. The molecule has 4 heteroatoms. The number of para-hydroxylation sites is 1. The van der Waals surface area contributed by atoms with Crippen LogP contribution in [0.15, 0.2) is 42.5 Å². The largest absolute Gasteiger partial charge is 0.397 e. The van der Waals surface area contributed by atoms with Gasteiger partial charge in [-0.05, 0) is 35.7 Å². The van der Waals surface area contributed by atoms with Crippen LogP contribution in [0, 0.1) is 0 Å². The summed E-state index contributed by atoms with van der Waals surface area (Å²) < 4.78 is 0. The Bertz CT molecular complexity index is 635. The maximum Gasteiger partial charge on any atom is 0.248 e. The summed E-state index contributed by atoms with van der Waals surface area (Å²) in [6, 6.07) is 13.1. The number of amides is 1. The van der Waals surface area contributed by atoms with Crippen molar-refractivity contribution < 1.29 is 4.79 Å². The van der Waals surface area contributed by atoms with Crippen LogP contribution in [0.4, 0.5) is 17.1 Å². The van der Waals surface area contributed by atoms with E-state index in [1.54, 1.807) is 18.2 Å². The first-order chi connectivity index (χ1) is 9.49. The number of nitrogen functional groups attached to an aromatic ring is 1. The lowest BCUT2D eigenvalue weighted by Gasteiger charge is -2.16. The van der Waals surface area contributed by atoms with E-state index in [1.807, 2.05) is 18.2 Å². The van der Waals surface area contributed by atoms with E-state index in [0.29, 0.717) is 17.2 Å². The van der Waals surface area contributed by atoms with Crippen molar-refractivity contribution in [3.05, 3.63) is 53.6 Å². The minimum Gasteiger partial charge on any atom is -0.397 e. The van der Waals surface area contributed by atoms with Gasteiger partial charge in [0.15, 0.2) is 0 Å². The van der Waals surface area contributed by atoms with E-state index >= 15 is 0 Å². The lowest BCUT2D eigenvalue weighted by atomic mass is 10.0. The highest BCUT2D eigenvalue weighted by Crippen LogP contribution is 2.29. The number of carbonyl (C=O) groups excluding carboxylic acids is 1. The van der Waals surface area contributed by atoms with Gasteiger partial charge < -0.3 is 16.8 Å². The zero-order valence-electron chi connectivity index (χ0n) is 11.7. The van der Waals surface area contributed by atoms with E-state index in [0.717, 1.165) is 11.4 Å². The molecule has 0 radical (unpaired) electrons. The maximum absolute atomic E-state index is 11.1. The summed E-state index contributed by atoms with van der Waals surface area (Å²) in [5, 5.41) is 3.31.